The fraction of sp³-hybridized carbons (Fsp3) is 0.444. The first kappa shape index (κ1) is 37.8. The van der Waals surface area contributed by atoms with E-state index in [1.165, 1.54) is 12.4 Å². The largest absolute Gasteiger partial charge is 0.487 e. The highest BCUT2D eigenvalue weighted by molar-refractivity contribution is 5.98. The highest BCUT2D eigenvalue weighted by Crippen LogP contribution is 2.43. The molecule has 2 aromatic heterocycles. The molecule has 0 saturated carbocycles. The summed E-state index contributed by atoms with van der Waals surface area (Å²) in [5.74, 6) is -3.09. The molecule has 0 aliphatic carbocycles. The highest BCUT2D eigenvalue weighted by Gasteiger charge is 2.33. The van der Waals surface area contributed by atoms with E-state index in [0.29, 0.717) is 60.1 Å². The highest BCUT2D eigenvalue weighted by atomic mass is 35.5. The van der Waals surface area contributed by atoms with Gasteiger partial charge < -0.3 is 48.4 Å². The lowest BCUT2D eigenvalue weighted by atomic mass is 10.1. The van der Waals surface area contributed by atoms with E-state index >= 15 is 0 Å². The number of likely N-dealkylation sites (N-methyl/N-ethyl adjacent to an activating group) is 2. The van der Waals surface area contributed by atoms with Gasteiger partial charge in [0.25, 0.3) is 0 Å². The monoisotopic (exact) mass is 758 g/mol. The first-order valence-corrected chi connectivity index (χ1v) is 17.2. The van der Waals surface area contributed by atoms with Crippen molar-refractivity contribution in [3.05, 3.63) is 67.7 Å². The molecule has 2 fully saturated rings. The van der Waals surface area contributed by atoms with Gasteiger partial charge in [0.2, 0.25) is 10.9 Å². The normalized spacial score (nSPS) is 19.9. The third kappa shape index (κ3) is 6.52. The number of nitrogens with zero attached hydrogens (tertiary/aromatic N) is 6. The van der Waals surface area contributed by atoms with Crippen LogP contribution in [0.4, 0.5) is 20.2 Å². The van der Waals surface area contributed by atoms with Crippen LogP contribution in [0.15, 0.2) is 34.1 Å². The number of rotatable bonds is 4. The number of aromatic carboxylic acids is 2. The quantitative estimate of drug-likeness (QED) is 0.314. The number of piperazine rings is 2. The van der Waals surface area contributed by atoms with Crippen LogP contribution in [0.3, 0.4) is 0 Å². The summed E-state index contributed by atoms with van der Waals surface area (Å²) in [6.07, 6.45) is 2.69. The molecule has 8 rings (SSSR count). The Labute approximate surface area is 308 Å². The summed E-state index contributed by atoms with van der Waals surface area (Å²) in [6, 6.07) is 1.99. The van der Waals surface area contributed by atoms with Crippen molar-refractivity contribution in [1.82, 2.24) is 18.9 Å². The number of hydrogen-bond acceptors (Lipinski definition) is 10. The number of carboxylic acid groups (broad SMARTS) is 2. The van der Waals surface area contributed by atoms with Crippen LogP contribution < -0.4 is 30.1 Å². The zero-order valence-electron chi connectivity index (χ0n) is 29.7. The van der Waals surface area contributed by atoms with E-state index in [2.05, 4.69) is 9.80 Å². The average Bonchev–Trinajstić information content (AvgIpc) is 3.10. The van der Waals surface area contributed by atoms with Gasteiger partial charge in [0.15, 0.2) is 23.1 Å². The summed E-state index contributed by atoms with van der Waals surface area (Å²) in [5, 5.41) is 18.7. The molecule has 0 spiro atoms. The van der Waals surface area contributed by atoms with Gasteiger partial charge in [-0.3, -0.25) is 9.59 Å². The van der Waals surface area contributed by atoms with Gasteiger partial charge in [0.1, 0.15) is 35.7 Å². The SMILES string of the molecule is C[C@H]1COc2c(N3CCN(C)CC3)c(F)cc3c(=O)c(C(=O)O)cn1c23.C[C@H]1COc2c(N3CCN(C)CC3)c(F)cc3c(=O)c(C(=O)O)cn1c23.Cl. The maximum Gasteiger partial charge on any atom is 0.341 e. The standard InChI is InChI=1S/2C18H20FN3O4.ClH/c2*1-10-9-26-17-14-11(16(23)12(18(24)25)8-22(10)14)7-13(19)15(17)21-5-3-20(2)4-6-21;/h2*7-8,10H,3-6,9H2,1-2H3,(H,24,25);1H/t2*10-;/m00./s1. The van der Waals surface area contributed by atoms with E-state index < -0.39 is 34.4 Å². The molecule has 2 aromatic carbocycles. The fourth-order valence-electron chi connectivity index (χ4n) is 7.38. The molecule has 14 nitrogen and oxygen atoms in total. The number of hydrogen-bond donors (Lipinski definition) is 2. The van der Waals surface area contributed by atoms with E-state index in [-0.39, 0.29) is 59.6 Å². The van der Waals surface area contributed by atoms with Crippen LogP contribution in [0.25, 0.3) is 21.8 Å². The van der Waals surface area contributed by atoms with Crippen molar-refractivity contribution in [2.75, 3.05) is 89.5 Å². The predicted octanol–water partition coefficient (Wildman–Crippen LogP) is 3.51. The maximum atomic E-state index is 15.0. The number of carbonyl (C=O) groups is 2. The topological polar surface area (TPSA) is 150 Å². The van der Waals surface area contributed by atoms with E-state index in [9.17, 15) is 38.2 Å². The summed E-state index contributed by atoms with van der Waals surface area (Å²) in [7, 11) is 4.03. The average molecular weight is 759 g/mol. The molecule has 17 heteroatoms. The molecule has 6 heterocycles. The van der Waals surface area contributed by atoms with Crippen molar-refractivity contribution in [3.63, 3.8) is 0 Å². The van der Waals surface area contributed by atoms with Crippen LogP contribution in [0.1, 0.15) is 46.6 Å². The number of ether oxygens (including phenoxy) is 2. The van der Waals surface area contributed by atoms with Crippen molar-refractivity contribution in [2.24, 2.45) is 0 Å². The number of halogens is 3. The van der Waals surface area contributed by atoms with Gasteiger partial charge in [-0.1, -0.05) is 0 Å². The first-order chi connectivity index (χ1) is 24.8. The molecule has 4 aromatic rings. The van der Waals surface area contributed by atoms with Crippen molar-refractivity contribution >= 4 is 57.5 Å². The lowest BCUT2D eigenvalue weighted by molar-refractivity contribution is 0.0683. The fourth-order valence-corrected chi connectivity index (χ4v) is 7.38. The molecule has 284 valence electrons. The van der Waals surface area contributed by atoms with Crippen molar-refractivity contribution in [3.8, 4) is 11.5 Å². The van der Waals surface area contributed by atoms with Crippen LogP contribution in [-0.4, -0.2) is 121 Å². The van der Waals surface area contributed by atoms with Gasteiger partial charge in [-0.15, -0.1) is 12.4 Å². The Morgan fingerprint density at radius 2 is 1.00 bits per heavy atom. The second kappa shape index (κ2) is 14.5. The molecule has 0 amide bonds. The second-order valence-corrected chi connectivity index (χ2v) is 13.9. The summed E-state index contributed by atoms with van der Waals surface area (Å²) >= 11 is 0. The van der Waals surface area contributed by atoms with Crippen LogP contribution >= 0.6 is 12.4 Å². The molecule has 4 aliphatic rings. The molecule has 2 atom stereocenters. The minimum absolute atomic E-state index is 0. The van der Waals surface area contributed by atoms with Crippen molar-refractivity contribution in [2.45, 2.75) is 25.9 Å². The zero-order valence-corrected chi connectivity index (χ0v) is 30.5. The molecule has 0 unspecified atom stereocenters. The van der Waals surface area contributed by atoms with Crippen LogP contribution in [0, 0.1) is 11.6 Å². The third-order valence-corrected chi connectivity index (χ3v) is 10.4. The number of anilines is 2. The minimum Gasteiger partial charge on any atom is -0.487 e. The summed E-state index contributed by atoms with van der Waals surface area (Å²) in [4.78, 5) is 56.2. The smallest absolute Gasteiger partial charge is 0.341 e. The molecule has 4 aliphatic heterocycles. The van der Waals surface area contributed by atoms with Crippen LogP contribution in [-0.2, 0) is 0 Å². The zero-order chi connectivity index (χ0) is 37.2. The van der Waals surface area contributed by atoms with Crippen LogP contribution in [0.5, 0.6) is 11.5 Å². The van der Waals surface area contributed by atoms with Gasteiger partial charge in [0, 0.05) is 64.8 Å². The minimum atomic E-state index is -1.32. The summed E-state index contributed by atoms with van der Waals surface area (Å²) in [6.45, 7) is 10.2. The Balaban J connectivity index is 0.000000178. The molecule has 2 N–H and O–H groups in total. The molecule has 0 radical (unpaired) electrons. The van der Waals surface area contributed by atoms with E-state index in [4.69, 9.17) is 9.47 Å². The van der Waals surface area contributed by atoms with Crippen LogP contribution in [0.2, 0.25) is 0 Å². The molecular weight excluding hydrogens is 718 g/mol. The Hall–Kier alpha value is -4.93. The van der Waals surface area contributed by atoms with Crippen molar-refractivity contribution < 1.29 is 38.1 Å². The van der Waals surface area contributed by atoms with Gasteiger partial charge in [-0.25, -0.2) is 18.4 Å². The Morgan fingerprint density at radius 3 is 1.32 bits per heavy atom. The molecular formula is C36H41ClF2N6O8. The number of benzene rings is 2. The van der Waals surface area contributed by atoms with Gasteiger partial charge in [-0.2, -0.15) is 0 Å². The second-order valence-electron chi connectivity index (χ2n) is 13.9. The lowest BCUT2D eigenvalue weighted by Crippen LogP contribution is -2.45. The van der Waals surface area contributed by atoms with Crippen molar-refractivity contribution in [1.29, 1.82) is 0 Å². The molecule has 2 saturated heterocycles. The number of pyridine rings is 2. The molecule has 0 bridgehead atoms. The Kier molecular flexibility index (Phi) is 10.3. The summed E-state index contributed by atoms with van der Waals surface area (Å²) in [5.41, 5.74) is -0.448. The van der Waals surface area contributed by atoms with E-state index in [0.717, 1.165) is 38.3 Å². The Morgan fingerprint density at radius 1 is 0.660 bits per heavy atom. The first-order valence-electron chi connectivity index (χ1n) is 17.2. The molecule has 53 heavy (non-hydrogen) atoms. The Bertz CT molecular complexity index is 2090. The summed E-state index contributed by atoms with van der Waals surface area (Å²) < 4.78 is 45.1. The number of carboxylic acids is 2. The number of aromatic nitrogens is 2. The van der Waals surface area contributed by atoms with E-state index in [1.54, 1.807) is 9.13 Å². The van der Waals surface area contributed by atoms with Gasteiger partial charge in [-0.05, 0) is 40.1 Å². The van der Waals surface area contributed by atoms with Gasteiger partial charge >= 0.3 is 11.9 Å². The predicted molar refractivity (Wildman–Crippen MR) is 197 cm³/mol. The van der Waals surface area contributed by atoms with E-state index in [1.807, 2.05) is 37.7 Å². The lowest BCUT2D eigenvalue weighted by Gasteiger charge is -2.37. The van der Waals surface area contributed by atoms with Gasteiger partial charge in [0.05, 0.1) is 33.9 Å². The maximum absolute atomic E-state index is 15.0. The third-order valence-electron chi connectivity index (χ3n) is 10.4.